The number of aromatic amines is 1. The Labute approximate surface area is 138 Å². The Morgan fingerprint density at radius 1 is 1.39 bits per heavy atom. The summed E-state index contributed by atoms with van der Waals surface area (Å²) in [6, 6.07) is 7.47. The first-order valence-corrected chi connectivity index (χ1v) is 8.18. The van der Waals surface area contributed by atoms with Crippen molar-refractivity contribution in [2.24, 2.45) is 0 Å². The number of benzene rings is 1. The number of carbonyl (C=O) groups is 1. The van der Waals surface area contributed by atoms with E-state index in [4.69, 9.17) is 0 Å². The van der Waals surface area contributed by atoms with Crippen LogP contribution in [0.2, 0.25) is 0 Å². The molecule has 1 amide bonds. The summed E-state index contributed by atoms with van der Waals surface area (Å²) in [6.45, 7) is 5.51. The number of aromatic hydroxyl groups is 1. The molecule has 1 aromatic heterocycles. The van der Waals surface area contributed by atoms with Crippen molar-refractivity contribution in [3.8, 4) is 5.88 Å². The average molecular weight is 333 g/mol. The number of aromatic nitrogens is 2. The number of H-pyrrole nitrogens is 1. The second kappa shape index (κ2) is 7.32. The molecule has 0 saturated heterocycles. The fourth-order valence-corrected chi connectivity index (χ4v) is 2.73. The molecule has 7 heteroatoms. The second-order valence-electron chi connectivity index (χ2n) is 5.41. The minimum Gasteiger partial charge on any atom is -0.493 e. The summed E-state index contributed by atoms with van der Waals surface area (Å²) < 4.78 is 0. The Morgan fingerprint density at radius 3 is 2.70 bits per heavy atom. The number of para-hydroxylation sites is 1. The van der Waals surface area contributed by atoms with Gasteiger partial charge in [-0.15, -0.1) is 0 Å². The largest absolute Gasteiger partial charge is 0.493 e. The number of nitrogens with zero attached hydrogens (tertiary/aromatic N) is 1. The van der Waals surface area contributed by atoms with Crippen LogP contribution in [0.5, 0.6) is 5.88 Å². The quantitative estimate of drug-likeness (QED) is 0.577. The van der Waals surface area contributed by atoms with Gasteiger partial charge in [0, 0.05) is 5.69 Å². The van der Waals surface area contributed by atoms with Crippen molar-refractivity contribution < 1.29 is 9.90 Å². The number of aryl methyl sites for hydroxylation is 1. The van der Waals surface area contributed by atoms with Crippen molar-refractivity contribution in [3.05, 3.63) is 45.7 Å². The molecule has 0 aliphatic heterocycles. The van der Waals surface area contributed by atoms with E-state index in [1.54, 1.807) is 13.8 Å². The van der Waals surface area contributed by atoms with E-state index in [0.29, 0.717) is 0 Å². The van der Waals surface area contributed by atoms with Gasteiger partial charge in [-0.1, -0.05) is 43.8 Å². The lowest BCUT2D eigenvalue weighted by Crippen LogP contribution is -2.18. The summed E-state index contributed by atoms with van der Waals surface area (Å²) in [5.74, 6) is -0.544. The van der Waals surface area contributed by atoms with Gasteiger partial charge in [-0.3, -0.25) is 9.59 Å². The molecule has 1 aromatic carbocycles. The highest BCUT2D eigenvalue weighted by Crippen LogP contribution is 2.22. The van der Waals surface area contributed by atoms with Gasteiger partial charge in [-0.2, -0.15) is 4.98 Å². The highest BCUT2D eigenvalue weighted by Gasteiger charge is 2.15. The molecular weight excluding hydrogens is 314 g/mol. The molecule has 0 bridgehead atoms. The molecular formula is C16H19N3O3S. The van der Waals surface area contributed by atoms with Crippen molar-refractivity contribution >= 4 is 23.4 Å². The number of nitrogens with one attached hydrogen (secondary N) is 2. The number of anilines is 1. The van der Waals surface area contributed by atoms with Crippen LogP contribution in [0, 0.1) is 6.92 Å². The first kappa shape index (κ1) is 17.1. The Bertz CT molecular complexity index is 771. The lowest BCUT2D eigenvalue weighted by atomic mass is 10.1. The van der Waals surface area contributed by atoms with E-state index in [1.807, 2.05) is 31.2 Å². The van der Waals surface area contributed by atoms with E-state index in [2.05, 4.69) is 15.3 Å². The van der Waals surface area contributed by atoms with Crippen LogP contribution < -0.4 is 10.9 Å². The van der Waals surface area contributed by atoms with E-state index in [1.165, 1.54) is 0 Å². The molecule has 2 rings (SSSR count). The molecule has 0 aliphatic rings. The lowest BCUT2D eigenvalue weighted by molar-refractivity contribution is -0.113. The van der Waals surface area contributed by atoms with Crippen molar-refractivity contribution in [2.45, 2.75) is 31.8 Å². The van der Waals surface area contributed by atoms with Crippen LogP contribution in [0.4, 0.5) is 5.69 Å². The molecule has 2 aromatic rings. The molecule has 0 fully saturated rings. The van der Waals surface area contributed by atoms with Gasteiger partial charge in [0.15, 0.2) is 5.16 Å². The van der Waals surface area contributed by atoms with Crippen LogP contribution in [0.1, 0.15) is 30.9 Å². The number of carbonyl (C=O) groups excluding carboxylic acids is 1. The molecule has 0 saturated carbocycles. The number of hydrogen-bond donors (Lipinski definition) is 3. The van der Waals surface area contributed by atoms with E-state index in [-0.39, 0.29) is 39.7 Å². The molecule has 1 heterocycles. The summed E-state index contributed by atoms with van der Waals surface area (Å²) in [5.41, 5.74) is 1.59. The summed E-state index contributed by atoms with van der Waals surface area (Å²) in [4.78, 5) is 30.4. The zero-order chi connectivity index (χ0) is 17.0. The highest BCUT2D eigenvalue weighted by molar-refractivity contribution is 7.99. The first-order chi connectivity index (χ1) is 10.9. The summed E-state index contributed by atoms with van der Waals surface area (Å²) >= 11 is 1.06. The van der Waals surface area contributed by atoms with Gasteiger partial charge < -0.3 is 15.4 Å². The zero-order valence-corrected chi connectivity index (χ0v) is 14.0. The van der Waals surface area contributed by atoms with Gasteiger partial charge in [-0.25, -0.2) is 0 Å². The van der Waals surface area contributed by atoms with Crippen LogP contribution in [0.3, 0.4) is 0 Å². The van der Waals surface area contributed by atoms with Crippen molar-refractivity contribution in [3.63, 3.8) is 0 Å². The maximum absolute atomic E-state index is 12.0. The predicted molar refractivity (Wildman–Crippen MR) is 91.1 cm³/mol. The Hall–Kier alpha value is -2.28. The van der Waals surface area contributed by atoms with Crippen molar-refractivity contribution in [1.29, 1.82) is 0 Å². The van der Waals surface area contributed by atoms with Crippen molar-refractivity contribution in [2.75, 3.05) is 11.1 Å². The smallest absolute Gasteiger partial charge is 0.258 e. The summed E-state index contributed by atoms with van der Waals surface area (Å²) in [5, 5.41) is 12.9. The maximum atomic E-state index is 12.0. The van der Waals surface area contributed by atoms with Crippen LogP contribution in [0.15, 0.2) is 34.2 Å². The molecule has 6 nitrogen and oxygen atoms in total. The lowest BCUT2D eigenvalue weighted by Gasteiger charge is -2.09. The Kier molecular flexibility index (Phi) is 5.44. The Morgan fingerprint density at radius 2 is 2.09 bits per heavy atom. The van der Waals surface area contributed by atoms with Crippen molar-refractivity contribution in [1.82, 2.24) is 9.97 Å². The molecule has 0 atom stereocenters. The van der Waals surface area contributed by atoms with E-state index < -0.39 is 0 Å². The molecule has 0 aliphatic carbocycles. The van der Waals surface area contributed by atoms with Gasteiger partial charge in [0.05, 0.1) is 11.3 Å². The molecule has 3 N–H and O–H groups in total. The first-order valence-electron chi connectivity index (χ1n) is 7.20. The monoisotopic (exact) mass is 333 g/mol. The third-order valence-electron chi connectivity index (χ3n) is 3.25. The molecule has 0 radical (unpaired) electrons. The van der Waals surface area contributed by atoms with E-state index >= 15 is 0 Å². The van der Waals surface area contributed by atoms with E-state index in [9.17, 15) is 14.7 Å². The van der Waals surface area contributed by atoms with Crippen LogP contribution in [-0.2, 0) is 4.79 Å². The molecule has 0 spiro atoms. The van der Waals surface area contributed by atoms with Gasteiger partial charge in [0.25, 0.3) is 5.56 Å². The van der Waals surface area contributed by atoms with Crippen LogP contribution in [0.25, 0.3) is 0 Å². The molecule has 122 valence electrons. The summed E-state index contributed by atoms with van der Waals surface area (Å²) in [6.07, 6.45) is 0. The third-order valence-corrected chi connectivity index (χ3v) is 4.12. The van der Waals surface area contributed by atoms with Gasteiger partial charge in [-0.05, 0) is 24.5 Å². The topological polar surface area (TPSA) is 95.1 Å². The maximum Gasteiger partial charge on any atom is 0.258 e. The molecule has 0 unspecified atom stereocenters. The SMILES string of the molecule is Cc1ccccc1NC(=O)CSc1nc(O)c(C(C)C)c(=O)[nH]1. The summed E-state index contributed by atoms with van der Waals surface area (Å²) in [7, 11) is 0. The van der Waals surface area contributed by atoms with Crippen LogP contribution >= 0.6 is 11.8 Å². The normalized spacial score (nSPS) is 10.8. The van der Waals surface area contributed by atoms with Gasteiger partial charge >= 0.3 is 0 Å². The molecule has 23 heavy (non-hydrogen) atoms. The fourth-order valence-electron chi connectivity index (χ4n) is 2.07. The number of rotatable bonds is 5. The van der Waals surface area contributed by atoms with Gasteiger partial charge in [0.1, 0.15) is 0 Å². The Balaban J connectivity index is 2.02. The highest BCUT2D eigenvalue weighted by atomic mass is 32.2. The van der Waals surface area contributed by atoms with Gasteiger partial charge in [0.2, 0.25) is 11.8 Å². The predicted octanol–water partition coefficient (Wildman–Crippen LogP) is 2.64. The van der Waals surface area contributed by atoms with E-state index in [0.717, 1.165) is 23.0 Å². The number of amides is 1. The second-order valence-corrected chi connectivity index (χ2v) is 6.38. The number of thioether (sulfide) groups is 1. The standard InChI is InChI=1S/C16H19N3O3S/c1-9(2)13-14(21)18-16(19-15(13)22)23-8-12(20)17-11-7-5-4-6-10(11)3/h4-7,9H,8H2,1-3H3,(H,17,20)(H2,18,19,21,22). The fraction of sp³-hybridized carbons (Fsp3) is 0.312. The van der Waals surface area contributed by atoms with Crippen LogP contribution in [-0.4, -0.2) is 26.7 Å². The average Bonchev–Trinajstić information content (AvgIpc) is 2.46. The number of hydrogen-bond acceptors (Lipinski definition) is 5. The minimum atomic E-state index is -0.380. The zero-order valence-electron chi connectivity index (χ0n) is 13.2. The minimum absolute atomic E-state index is 0.0811. The third kappa shape index (κ3) is 4.35.